The molecule has 0 atom stereocenters. The van der Waals surface area contributed by atoms with Crippen LogP contribution in [0, 0.1) is 0 Å². The molecule has 1 aromatic carbocycles. The van der Waals surface area contributed by atoms with Crippen molar-refractivity contribution >= 4 is 21.7 Å². The van der Waals surface area contributed by atoms with Crippen LogP contribution in [0.1, 0.15) is 24.2 Å². The van der Waals surface area contributed by atoms with Gasteiger partial charge in [-0.15, -0.1) is 0 Å². The normalized spacial score (nSPS) is 11.3. The van der Waals surface area contributed by atoms with Crippen molar-refractivity contribution in [1.82, 2.24) is 0 Å². The molecule has 0 fully saturated rings. The van der Waals surface area contributed by atoms with Gasteiger partial charge in [-0.1, -0.05) is 28.1 Å². The quantitative estimate of drug-likeness (QED) is 0.474. The first-order valence-corrected chi connectivity index (χ1v) is 5.53. The third-order valence-electron chi connectivity index (χ3n) is 1.87. The van der Waals surface area contributed by atoms with E-state index in [2.05, 4.69) is 15.9 Å². The number of carbonyl (C=O) groups is 1. The summed E-state index contributed by atoms with van der Waals surface area (Å²) in [5, 5.41) is 0. The molecule has 1 rings (SSSR count). The Morgan fingerprint density at radius 2 is 2.27 bits per heavy atom. The topological polar surface area (TPSA) is 26.3 Å². The van der Waals surface area contributed by atoms with E-state index in [9.17, 15) is 4.79 Å². The summed E-state index contributed by atoms with van der Waals surface area (Å²) in [7, 11) is 0. The van der Waals surface area contributed by atoms with Gasteiger partial charge in [0.25, 0.3) is 0 Å². The maximum atomic E-state index is 11.8. The van der Waals surface area contributed by atoms with Gasteiger partial charge in [-0.2, -0.15) is 0 Å². The van der Waals surface area contributed by atoms with Crippen LogP contribution < -0.4 is 0 Å². The van der Waals surface area contributed by atoms with Crippen molar-refractivity contribution < 1.29 is 9.53 Å². The number of ether oxygens (including phenoxy) is 1. The van der Waals surface area contributed by atoms with Crippen LogP contribution in [0.5, 0.6) is 0 Å². The van der Waals surface area contributed by atoms with Crippen molar-refractivity contribution in [2.24, 2.45) is 0 Å². The zero-order valence-corrected chi connectivity index (χ0v) is 10.4. The molecule has 0 amide bonds. The molecule has 3 heteroatoms. The van der Waals surface area contributed by atoms with Crippen LogP contribution in [0.3, 0.4) is 0 Å². The van der Waals surface area contributed by atoms with E-state index in [1.54, 1.807) is 19.1 Å². The van der Waals surface area contributed by atoms with E-state index >= 15 is 0 Å². The average molecular weight is 269 g/mol. The van der Waals surface area contributed by atoms with Crippen molar-refractivity contribution in [2.45, 2.75) is 13.8 Å². The standard InChI is InChI=1S/C12H13BrO2/c1-3-15-8-9(2)12(14)10-5-4-6-11(13)7-10/h4-8H,3H2,1-2H3/b9-8-. The molecule has 0 aliphatic heterocycles. The molecular formula is C12H13BrO2. The lowest BCUT2D eigenvalue weighted by molar-refractivity contribution is 0.102. The number of allylic oxidation sites excluding steroid dienone is 1. The van der Waals surface area contributed by atoms with Crippen molar-refractivity contribution in [3.63, 3.8) is 0 Å². The molecule has 0 aliphatic rings. The van der Waals surface area contributed by atoms with Gasteiger partial charge >= 0.3 is 0 Å². The fraction of sp³-hybridized carbons (Fsp3) is 0.250. The largest absolute Gasteiger partial charge is 0.501 e. The van der Waals surface area contributed by atoms with Crippen LogP contribution in [0.15, 0.2) is 40.6 Å². The molecule has 0 unspecified atom stereocenters. The third kappa shape index (κ3) is 3.51. The van der Waals surface area contributed by atoms with Gasteiger partial charge in [-0.05, 0) is 26.0 Å². The number of benzene rings is 1. The number of Topliss-reactive ketones (excluding diaryl/α,β-unsaturated/α-hetero) is 1. The van der Waals surface area contributed by atoms with Crippen LogP contribution >= 0.6 is 15.9 Å². The van der Waals surface area contributed by atoms with Gasteiger partial charge < -0.3 is 4.74 Å². The lowest BCUT2D eigenvalue weighted by Crippen LogP contribution is -2.01. The molecule has 15 heavy (non-hydrogen) atoms. The Bertz CT molecular complexity index is 383. The summed E-state index contributed by atoms with van der Waals surface area (Å²) >= 11 is 3.33. The van der Waals surface area contributed by atoms with E-state index in [0.717, 1.165) is 4.47 Å². The maximum absolute atomic E-state index is 11.8. The van der Waals surface area contributed by atoms with Crippen molar-refractivity contribution in [3.05, 3.63) is 46.1 Å². The first-order valence-electron chi connectivity index (χ1n) is 4.73. The van der Waals surface area contributed by atoms with Crippen LogP contribution in [-0.4, -0.2) is 12.4 Å². The van der Waals surface area contributed by atoms with Crippen LogP contribution in [0.2, 0.25) is 0 Å². The van der Waals surface area contributed by atoms with Gasteiger partial charge in [0.05, 0.1) is 12.9 Å². The lowest BCUT2D eigenvalue weighted by Gasteiger charge is -2.02. The molecule has 0 aliphatic carbocycles. The highest BCUT2D eigenvalue weighted by molar-refractivity contribution is 9.10. The molecule has 2 nitrogen and oxygen atoms in total. The van der Waals surface area contributed by atoms with Crippen molar-refractivity contribution in [1.29, 1.82) is 0 Å². The Kier molecular flexibility index (Phi) is 4.56. The van der Waals surface area contributed by atoms with Gasteiger partial charge in [-0.25, -0.2) is 0 Å². The Hall–Kier alpha value is -1.09. The second kappa shape index (κ2) is 5.71. The minimum Gasteiger partial charge on any atom is -0.501 e. The average Bonchev–Trinajstić information content (AvgIpc) is 2.24. The minimum atomic E-state index is -0.00949. The Morgan fingerprint density at radius 1 is 1.53 bits per heavy atom. The van der Waals surface area contributed by atoms with Gasteiger partial charge in [-0.3, -0.25) is 4.79 Å². The highest BCUT2D eigenvalue weighted by atomic mass is 79.9. The maximum Gasteiger partial charge on any atom is 0.191 e. The first kappa shape index (κ1) is 12.0. The van der Waals surface area contributed by atoms with Gasteiger partial charge in [0, 0.05) is 15.6 Å². The monoisotopic (exact) mass is 268 g/mol. The van der Waals surface area contributed by atoms with Gasteiger partial charge in [0.1, 0.15) is 0 Å². The predicted molar refractivity (Wildman–Crippen MR) is 63.9 cm³/mol. The number of hydrogen-bond acceptors (Lipinski definition) is 2. The van der Waals surface area contributed by atoms with Crippen LogP contribution in [0.25, 0.3) is 0 Å². The van der Waals surface area contributed by atoms with Crippen LogP contribution in [-0.2, 0) is 4.74 Å². The zero-order chi connectivity index (χ0) is 11.3. The van der Waals surface area contributed by atoms with Crippen LogP contribution in [0.4, 0.5) is 0 Å². The molecule has 0 N–H and O–H groups in total. The molecule has 0 spiro atoms. The Balaban J connectivity index is 2.85. The Labute approximate surface area is 98.1 Å². The van der Waals surface area contributed by atoms with E-state index in [4.69, 9.17) is 4.74 Å². The minimum absolute atomic E-state index is 0.00949. The fourth-order valence-electron chi connectivity index (χ4n) is 1.12. The number of halogens is 1. The summed E-state index contributed by atoms with van der Waals surface area (Å²) in [5.41, 5.74) is 1.27. The first-order chi connectivity index (χ1) is 7.15. The fourth-order valence-corrected chi connectivity index (χ4v) is 1.52. The number of carbonyl (C=O) groups excluding carboxylic acids is 1. The molecule has 0 aromatic heterocycles. The third-order valence-corrected chi connectivity index (χ3v) is 2.36. The van der Waals surface area contributed by atoms with Gasteiger partial charge in [0.15, 0.2) is 5.78 Å². The van der Waals surface area contributed by atoms with Crippen molar-refractivity contribution in [3.8, 4) is 0 Å². The predicted octanol–water partition coefficient (Wildman–Crippen LogP) is 3.57. The summed E-state index contributed by atoms with van der Waals surface area (Å²) in [5.74, 6) is -0.00949. The lowest BCUT2D eigenvalue weighted by atomic mass is 10.1. The van der Waals surface area contributed by atoms with Gasteiger partial charge in [0.2, 0.25) is 0 Å². The number of ketones is 1. The summed E-state index contributed by atoms with van der Waals surface area (Å²) in [6, 6.07) is 7.31. The van der Waals surface area contributed by atoms with E-state index in [1.165, 1.54) is 6.26 Å². The summed E-state index contributed by atoms with van der Waals surface area (Å²) in [6.45, 7) is 4.20. The second-order valence-corrected chi connectivity index (χ2v) is 4.01. The molecular weight excluding hydrogens is 256 g/mol. The SMILES string of the molecule is CCO/C=C(/C)C(=O)c1cccc(Br)c1. The molecule has 0 heterocycles. The zero-order valence-electron chi connectivity index (χ0n) is 8.79. The van der Waals surface area contributed by atoms with E-state index in [1.807, 2.05) is 19.1 Å². The van der Waals surface area contributed by atoms with Crippen molar-refractivity contribution in [2.75, 3.05) is 6.61 Å². The highest BCUT2D eigenvalue weighted by Gasteiger charge is 2.08. The summed E-state index contributed by atoms with van der Waals surface area (Å²) < 4.78 is 5.97. The summed E-state index contributed by atoms with van der Waals surface area (Å²) in [6.07, 6.45) is 1.50. The smallest absolute Gasteiger partial charge is 0.191 e. The van der Waals surface area contributed by atoms with E-state index in [-0.39, 0.29) is 5.78 Å². The highest BCUT2D eigenvalue weighted by Crippen LogP contribution is 2.14. The molecule has 0 bridgehead atoms. The molecule has 80 valence electrons. The second-order valence-electron chi connectivity index (χ2n) is 3.10. The molecule has 0 radical (unpaired) electrons. The number of rotatable bonds is 4. The molecule has 0 saturated carbocycles. The van der Waals surface area contributed by atoms with E-state index < -0.39 is 0 Å². The Morgan fingerprint density at radius 3 is 2.87 bits per heavy atom. The molecule has 0 saturated heterocycles. The molecule has 1 aromatic rings. The number of hydrogen-bond donors (Lipinski definition) is 0. The summed E-state index contributed by atoms with van der Waals surface area (Å²) in [4.78, 5) is 11.8. The van der Waals surface area contributed by atoms with E-state index in [0.29, 0.717) is 17.7 Å².